The first-order valence-electron chi connectivity index (χ1n) is 3.87. The van der Waals surface area contributed by atoms with E-state index in [4.69, 9.17) is 4.42 Å². The van der Waals surface area contributed by atoms with E-state index >= 15 is 0 Å². The first-order chi connectivity index (χ1) is 5.27. The molecule has 11 heavy (non-hydrogen) atoms. The molecule has 0 radical (unpaired) electrons. The van der Waals surface area contributed by atoms with Gasteiger partial charge in [-0.05, 0) is 20.4 Å². The Morgan fingerprint density at radius 3 is 2.82 bits per heavy atom. The number of hydrogen-bond donors (Lipinski definition) is 1. The van der Waals surface area contributed by atoms with E-state index in [0.717, 1.165) is 18.1 Å². The molecule has 0 fully saturated rings. The molecular formula is C8H14N2O. The van der Waals surface area contributed by atoms with Crippen molar-refractivity contribution in [2.45, 2.75) is 26.3 Å². The largest absolute Gasteiger partial charge is 0.444 e. The zero-order valence-electron chi connectivity index (χ0n) is 7.22. The second-order valence-corrected chi connectivity index (χ2v) is 2.56. The second kappa shape index (κ2) is 3.53. The predicted octanol–water partition coefficient (Wildman–Crippen LogP) is 1.65. The van der Waals surface area contributed by atoms with Crippen LogP contribution in [0.5, 0.6) is 0 Å². The van der Waals surface area contributed by atoms with Gasteiger partial charge in [-0.3, -0.25) is 0 Å². The Morgan fingerprint density at radius 2 is 2.45 bits per heavy atom. The smallest absolute Gasteiger partial charge is 0.211 e. The minimum absolute atomic E-state index is 0.253. The Balaban J connectivity index is 2.73. The third-order valence-corrected chi connectivity index (χ3v) is 1.69. The van der Waals surface area contributed by atoms with Crippen molar-refractivity contribution in [3.8, 4) is 0 Å². The molecule has 0 aromatic carbocycles. The summed E-state index contributed by atoms with van der Waals surface area (Å²) in [5, 5.41) is 3.13. The van der Waals surface area contributed by atoms with Crippen LogP contribution in [-0.4, -0.2) is 12.0 Å². The van der Waals surface area contributed by atoms with Crippen molar-refractivity contribution in [1.82, 2.24) is 10.3 Å². The Labute approximate surface area is 66.8 Å². The summed E-state index contributed by atoms with van der Waals surface area (Å²) >= 11 is 0. The topological polar surface area (TPSA) is 38.1 Å². The molecule has 0 saturated heterocycles. The fraction of sp³-hybridized carbons (Fsp3) is 0.625. The minimum Gasteiger partial charge on any atom is -0.444 e. The van der Waals surface area contributed by atoms with E-state index in [1.165, 1.54) is 0 Å². The lowest BCUT2D eigenvalue weighted by molar-refractivity contribution is 0.396. The standard InChI is InChI=1S/C8H14N2O/c1-4-7(9-3)8-10-5-6(2)11-8/h5,7,9H,4H2,1-3H3/t7-/m1/s1. The van der Waals surface area contributed by atoms with Crippen LogP contribution >= 0.6 is 0 Å². The van der Waals surface area contributed by atoms with Gasteiger partial charge in [-0.25, -0.2) is 4.98 Å². The molecule has 62 valence electrons. The van der Waals surface area contributed by atoms with Gasteiger partial charge in [0.15, 0.2) is 0 Å². The summed E-state index contributed by atoms with van der Waals surface area (Å²) in [6.45, 7) is 4.00. The van der Waals surface area contributed by atoms with Crippen molar-refractivity contribution in [3.05, 3.63) is 17.8 Å². The zero-order valence-corrected chi connectivity index (χ0v) is 7.22. The molecule has 0 spiro atoms. The van der Waals surface area contributed by atoms with Gasteiger partial charge >= 0.3 is 0 Å². The van der Waals surface area contributed by atoms with Crippen LogP contribution in [-0.2, 0) is 0 Å². The molecule has 1 heterocycles. The summed E-state index contributed by atoms with van der Waals surface area (Å²) in [5.74, 6) is 1.65. The summed E-state index contributed by atoms with van der Waals surface area (Å²) in [4.78, 5) is 4.13. The molecule has 0 amide bonds. The van der Waals surface area contributed by atoms with Crippen molar-refractivity contribution in [2.75, 3.05) is 7.05 Å². The van der Waals surface area contributed by atoms with Crippen LogP contribution in [0.3, 0.4) is 0 Å². The molecule has 0 aliphatic carbocycles. The van der Waals surface area contributed by atoms with Gasteiger partial charge in [-0.2, -0.15) is 0 Å². The highest BCUT2D eigenvalue weighted by molar-refractivity contribution is 4.95. The molecule has 3 nitrogen and oxygen atoms in total. The molecule has 0 aliphatic heterocycles. The van der Waals surface area contributed by atoms with Gasteiger partial charge in [-0.1, -0.05) is 6.92 Å². The number of nitrogens with zero attached hydrogens (tertiary/aromatic N) is 1. The minimum atomic E-state index is 0.253. The maximum absolute atomic E-state index is 5.35. The molecule has 1 atom stereocenters. The third kappa shape index (κ3) is 1.80. The maximum Gasteiger partial charge on any atom is 0.211 e. The molecule has 1 rings (SSSR count). The van der Waals surface area contributed by atoms with Crippen molar-refractivity contribution in [3.63, 3.8) is 0 Å². The Kier molecular flexibility index (Phi) is 2.65. The number of nitrogens with one attached hydrogen (secondary N) is 1. The highest BCUT2D eigenvalue weighted by Gasteiger charge is 2.11. The first-order valence-corrected chi connectivity index (χ1v) is 3.87. The van der Waals surface area contributed by atoms with Gasteiger partial charge in [0.2, 0.25) is 5.89 Å². The number of oxazole rings is 1. The molecule has 0 aliphatic rings. The Hall–Kier alpha value is -0.830. The lowest BCUT2D eigenvalue weighted by Gasteiger charge is -2.07. The average Bonchev–Trinajstić information content (AvgIpc) is 2.39. The van der Waals surface area contributed by atoms with Crippen LogP contribution in [0.1, 0.15) is 31.0 Å². The summed E-state index contributed by atoms with van der Waals surface area (Å²) in [5.41, 5.74) is 0. The van der Waals surface area contributed by atoms with Crippen LogP contribution in [0.25, 0.3) is 0 Å². The van der Waals surface area contributed by atoms with E-state index < -0.39 is 0 Å². The molecule has 1 aromatic rings. The van der Waals surface area contributed by atoms with E-state index in [0.29, 0.717) is 0 Å². The molecule has 3 heteroatoms. The van der Waals surface area contributed by atoms with E-state index in [-0.39, 0.29) is 6.04 Å². The van der Waals surface area contributed by atoms with Crippen LogP contribution in [0.4, 0.5) is 0 Å². The fourth-order valence-electron chi connectivity index (χ4n) is 1.04. The summed E-state index contributed by atoms with van der Waals surface area (Å²) in [6.07, 6.45) is 2.74. The lowest BCUT2D eigenvalue weighted by Crippen LogP contribution is -2.15. The van der Waals surface area contributed by atoms with Crippen LogP contribution in [0.15, 0.2) is 10.6 Å². The molecule has 1 N–H and O–H groups in total. The van der Waals surface area contributed by atoms with E-state index in [1.54, 1.807) is 6.20 Å². The van der Waals surface area contributed by atoms with Gasteiger partial charge < -0.3 is 9.73 Å². The summed E-state index contributed by atoms with van der Waals surface area (Å²) in [7, 11) is 1.91. The van der Waals surface area contributed by atoms with Crippen LogP contribution in [0.2, 0.25) is 0 Å². The number of aryl methyl sites for hydroxylation is 1. The SMILES string of the molecule is CC[C@@H](NC)c1ncc(C)o1. The average molecular weight is 154 g/mol. The van der Waals surface area contributed by atoms with Gasteiger partial charge in [0.1, 0.15) is 5.76 Å². The number of aromatic nitrogens is 1. The molecule has 1 aromatic heterocycles. The molecular weight excluding hydrogens is 140 g/mol. The van der Waals surface area contributed by atoms with Crippen molar-refractivity contribution >= 4 is 0 Å². The third-order valence-electron chi connectivity index (χ3n) is 1.69. The van der Waals surface area contributed by atoms with E-state index in [2.05, 4.69) is 17.2 Å². The summed E-state index contributed by atoms with van der Waals surface area (Å²) in [6, 6.07) is 0.253. The van der Waals surface area contributed by atoms with Crippen LogP contribution in [0, 0.1) is 6.92 Å². The Morgan fingerprint density at radius 1 is 1.73 bits per heavy atom. The molecule has 0 saturated carbocycles. The predicted molar refractivity (Wildman–Crippen MR) is 43.3 cm³/mol. The van der Waals surface area contributed by atoms with Gasteiger partial charge in [0.25, 0.3) is 0 Å². The number of hydrogen-bond acceptors (Lipinski definition) is 3. The van der Waals surface area contributed by atoms with Gasteiger partial charge in [0, 0.05) is 0 Å². The van der Waals surface area contributed by atoms with Gasteiger partial charge in [0.05, 0.1) is 12.2 Å². The first kappa shape index (κ1) is 8.27. The Bertz CT molecular complexity index is 216. The van der Waals surface area contributed by atoms with Gasteiger partial charge in [-0.15, -0.1) is 0 Å². The maximum atomic E-state index is 5.35. The molecule has 0 bridgehead atoms. The fourth-order valence-corrected chi connectivity index (χ4v) is 1.04. The van der Waals surface area contributed by atoms with E-state index in [1.807, 2.05) is 14.0 Å². The normalized spacial score (nSPS) is 13.4. The zero-order chi connectivity index (χ0) is 8.27. The van der Waals surface area contributed by atoms with E-state index in [9.17, 15) is 0 Å². The van der Waals surface area contributed by atoms with Crippen LogP contribution < -0.4 is 5.32 Å². The quantitative estimate of drug-likeness (QED) is 0.719. The lowest BCUT2D eigenvalue weighted by atomic mass is 10.2. The summed E-state index contributed by atoms with van der Waals surface area (Å²) < 4.78 is 5.35. The monoisotopic (exact) mass is 154 g/mol. The number of rotatable bonds is 3. The van der Waals surface area contributed by atoms with Crippen molar-refractivity contribution < 1.29 is 4.42 Å². The van der Waals surface area contributed by atoms with Crippen molar-refractivity contribution in [1.29, 1.82) is 0 Å². The second-order valence-electron chi connectivity index (χ2n) is 2.56. The highest BCUT2D eigenvalue weighted by atomic mass is 16.4. The highest BCUT2D eigenvalue weighted by Crippen LogP contribution is 2.14. The molecule has 0 unspecified atom stereocenters. The van der Waals surface area contributed by atoms with Crippen molar-refractivity contribution in [2.24, 2.45) is 0 Å².